The summed E-state index contributed by atoms with van der Waals surface area (Å²) >= 11 is 0. The molecule has 1 N–H and O–H groups in total. The van der Waals surface area contributed by atoms with Gasteiger partial charge in [0.15, 0.2) is 0 Å². The normalized spacial score (nSPS) is 21.6. The Morgan fingerprint density at radius 3 is 3.12 bits per heavy atom. The third kappa shape index (κ3) is 3.75. The highest BCUT2D eigenvalue weighted by Gasteiger charge is 2.19. The van der Waals surface area contributed by atoms with Gasteiger partial charge in [-0.3, -0.25) is 9.97 Å². The molecule has 0 spiro atoms. The van der Waals surface area contributed by atoms with E-state index < -0.39 is 0 Å². The lowest BCUT2D eigenvalue weighted by Gasteiger charge is -2.18. The molecule has 0 saturated carbocycles. The molecule has 0 aromatic carbocycles. The number of nitrogens with zero attached hydrogens (tertiary/aromatic N) is 2. The molecule has 0 bridgehead atoms. The van der Waals surface area contributed by atoms with Crippen LogP contribution in [0.4, 0.5) is 0 Å². The third-order valence-electron chi connectivity index (χ3n) is 3.19. The smallest absolute Gasteiger partial charge is 0.0756 e. The Hall–Kier alpha value is -1.00. The second kappa shape index (κ2) is 6.67. The largest absolute Gasteiger partial charge is 0.378 e. The van der Waals surface area contributed by atoms with Gasteiger partial charge in [0, 0.05) is 25.2 Å². The van der Waals surface area contributed by atoms with Gasteiger partial charge in [-0.25, -0.2) is 0 Å². The highest BCUT2D eigenvalue weighted by atomic mass is 16.5. The minimum Gasteiger partial charge on any atom is -0.378 e. The van der Waals surface area contributed by atoms with Gasteiger partial charge in [0.2, 0.25) is 0 Å². The lowest BCUT2D eigenvalue weighted by molar-refractivity contribution is 0.0995. The van der Waals surface area contributed by atoms with Crippen molar-refractivity contribution in [2.75, 3.05) is 13.2 Å². The van der Waals surface area contributed by atoms with Crippen molar-refractivity contribution in [3.63, 3.8) is 0 Å². The van der Waals surface area contributed by atoms with Crippen LogP contribution in [0.25, 0.3) is 0 Å². The molecule has 1 fully saturated rings. The first kappa shape index (κ1) is 12.5. The molecule has 17 heavy (non-hydrogen) atoms. The van der Waals surface area contributed by atoms with E-state index in [2.05, 4.69) is 22.2 Å². The highest BCUT2D eigenvalue weighted by molar-refractivity contribution is 5.02. The maximum absolute atomic E-state index is 5.65. The molecular formula is C13H21N3O. The fourth-order valence-electron chi connectivity index (χ4n) is 2.32. The van der Waals surface area contributed by atoms with Crippen molar-refractivity contribution in [3.8, 4) is 0 Å². The van der Waals surface area contributed by atoms with Gasteiger partial charge >= 0.3 is 0 Å². The molecule has 0 radical (unpaired) electrons. The van der Waals surface area contributed by atoms with Gasteiger partial charge in [0.1, 0.15) is 0 Å². The van der Waals surface area contributed by atoms with Crippen molar-refractivity contribution in [1.82, 2.24) is 15.3 Å². The van der Waals surface area contributed by atoms with Crippen molar-refractivity contribution < 1.29 is 4.74 Å². The Labute approximate surface area is 103 Å². The summed E-state index contributed by atoms with van der Waals surface area (Å²) in [6, 6.07) is 0.304. The third-order valence-corrected chi connectivity index (χ3v) is 3.19. The molecule has 4 heteroatoms. The summed E-state index contributed by atoms with van der Waals surface area (Å²) in [7, 11) is 0. The van der Waals surface area contributed by atoms with Gasteiger partial charge in [0.25, 0.3) is 0 Å². The van der Waals surface area contributed by atoms with E-state index in [9.17, 15) is 0 Å². The molecule has 0 amide bonds. The lowest BCUT2D eigenvalue weighted by Crippen LogP contribution is -2.23. The number of hydrogen-bond donors (Lipinski definition) is 1. The predicted octanol–water partition coefficient (Wildman–Crippen LogP) is 2.09. The monoisotopic (exact) mass is 235 g/mol. The Balaban J connectivity index is 1.88. The summed E-state index contributed by atoms with van der Waals surface area (Å²) in [5.74, 6) is 0. The first-order valence-corrected chi connectivity index (χ1v) is 6.51. The zero-order valence-corrected chi connectivity index (χ0v) is 10.4. The second-order valence-electron chi connectivity index (χ2n) is 4.45. The van der Waals surface area contributed by atoms with E-state index in [1.165, 1.54) is 12.8 Å². The first-order chi connectivity index (χ1) is 8.40. The van der Waals surface area contributed by atoms with Crippen LogP contribution in [0.1, 0.15) is 44.3 Å². The Bertz CT molecular complexity index is 312. The molecule has 94 valence electrons. The molecule has 4 nitrogen and oxygen atoms in total. The predicted molar refractivity (Wildman–Crippen MR) is 66.7 cm³/mol. The Kier molecular flexibility index (Phi) is 4.88. The summed E-state index contributed by atoms with van der Waals surface area (Å²) in [5, 5.41) is 3.46. The number of aromatic nitrogens is 2. The number of rotatable bonds is 6. The van der Waals surface area contributed by atoms with Crippen LogP contribution in [0.2, 0.25) is 0 Å². The minimum atomic E-state index is 0.304. The lowest BCUT2D eigenvalue weighted by atomic mass is 10.0. The average Bonchev–Trinajstić information content (AvgIpc) is 2.88. The maximum Gasteiger partial charge on any atom is 0.0756 e. The van der Waals surface area contributed by atoms with Crippen molar-refractivity contribution >= 4 is 0 Å². The van der Waals surface area contributed by atoms with Crippen molar-refractivity contribution in [2.24, 2.45) is 0 Å². The number of ether oxygens (including phenoxy) is 1. The molecule has 1 saturated heterocycles. The molecule has 1 aliphatic rings. The van der Waals surface area contributed by atoms with E-state index in [0.717, 1.165) is 31.7 Å². The quantitative estimate of drug-likeness (QED) is 0.820. The Morgan fingerprint density at radius 2 is 2.47 bits per heavy atom. The van der Waals surface area contributed by atoms with Gasteiger partial charge < -0.3 is 10.1 Å². The molecule has 1 aromatic heterocycles. The van der Waals surface area contributed by atoms with E-state index in [4.69, 9.17) is 4.74 Å². The van der Waals surface area contributed by atoms with Crippen LogP contribution in [0, 0.1) is 0 Å². The summed E-state index contributed by atoms with van der Waals surface area (Å²) in [6.07, 6.45) is 10.4. The van der Waals surface area contributed by atoms with Crippen LogP contribution in [0.3, 0.4) is 0 Å². The minimum absolute atomic E-state index is 0.304. The zero-order valence-electron chi connectivity index (χ0n) is 10.4. The van der Waals surface area contributed by atoms with E-state index in [-0.39, 0.29) is 0 Å². The zero-order chi connectivity index (χ0) is 11.9. The van der Waals surface area contributed by atoms with Gasteiger partial charge in [0.05, 0.1) is 17.8 Å². The van der Waals surface area contributed by atoms with Gasteiger partial charge in [-0.1, -0.05) is 6.92 Å². The Morgan fingerprint density at radius 1 is 1.53 bits per heavy atom. The summed E-state index contributed by atoms with van der Waals surface area (Å²) < 4.78 is 5.65. The van der Waals surface area contributed by atoms with Crippen LogP contribution < -0.4 is 5.32 Å². The van der Waals surface area contributed by atoms with E-state index in [1.54, 1.807) is 12.4 Å². The fraction of sp³-hybridized carbons (Fsp3) is 0.692. The van der Waals surface area contributed by atoms with E-state index >= 15 is 0 Å². The van der Waals surface area contributed by atoms with Crippen molar-refractivity contribution in [3.05, 3.63) is 24.3 Å². The van der Waals surface area contributed by atoms with E-state index in [0.29, 0.717) is 12.1 Å². The summed E-state index contributed by atoms with van der Waals surface area (Å²) in [5.41, 5.74) is 1.03. The average molecular weight is 235 g/mol. The topological polar surface area (TPSA) is 47.0 Å². The standard InChI is InChI=1S/C13H21N3O/c1-2-15-12(13-10-14-7-8-16-13)6-5-11-4-3-9-17-11/h7-8,10-12,15H,2-6,9H2,1H3. The van der Waals surface area contributed by atoms with Crippen molar-refractivity contribution in [2.45, 2.75) is 44.8 Å². The maximum atomic E-state index is 5.65. The summed E-state index contributed by atoms with van der Waals surface area (Å²) in [4.78, 5) is 8.51. The molecule has 2 atom stereocenters. The summed E-state index contributed by atoms with van der Waals surface area (Å²) in [6.45, 7) is 4.00. The second-order valence-corrected chi connectivity index (χ2v) is 4.45. The van der Waals surface area contributed by atoms with Gasteiger partial charge in [-0.15, -0.1) is 0 Å². The van der Waals surface area contributed by atoms with Gasteiger partial charge in [-0.2, -0.15) is 0 Å². The van der Waals surface area contributed by atoms with Gasteiger partial charge in [-0.05, 0) is 32.2 Å². The molecule has 2 rings (SSSR count). The molecule has 2 unspecified atom stereocenters. The van der Waals surface area contributed by atoms with Crippen LogP contribution in [0.5, 0.6) is 0 Å². The SMILES string of the molecule is CCNC(CCC1CCCO1)c1cnccn1. The molecular weight excluding hydrogens is 214 g/mol. The highest BCUT2D eigenvalue weighted by Crippen LogP contribution is 2.22. The molecule has 2 heterocycles. The van der Waals surface area contributed by atoms with Crippen LogP contribution in [-0.2, 0) is 4.74 Å². The van der Waals surface area contributed by atoms with Crippen LogP contribution in [0.15, 0.2) is 18.6 Å². The van der Waals surface area contributed by atoms with Crippen LogP contribution in [-0.4, -0.2) is 29.2 Å². The fourth-order valence-corrected chi connectivity index (χ4v) is 2.32. The molecule has 1 aliphatic heterocycles. The first-order valence-electron chi connectivity index (χ1n) is 6.51. The van der Waals surface area contributed by atoms with E-state index in [1.807, 2.05) is 6.20 Å². The number of hydrogen-bond acceptors (Lipinski definition) is 4. The van der Waals surface area contributed by atoms with Crippen LogP contribution >= 0.6 is 0 Å². The van der Waals surface area contributed by atoms with Crippen molar-refractivity contribution in [1.29, 1.82) is 0 Å². The molecule has 0 aliphatic carbocycles. The molecule has 1 aromatic rings. The number of nitrogens with one attached hydrogen (secondary N) is 1.